The lowest BCUT2D eigenvalue weighted by atomic mass is 9.98. The van der Waals surface area contributed by atoms with Gasteiger partial charge in [-0.1, -0.05) is 18.2 Å². The van der Waals surface area contributed by atoms with Crippen LogP contribution in [0.2, 0.25) is 0 Å². The van der Waals surface area contributed by atoms with Gasteiger partial charge in [0.1, 0.15) is 5.54 Å². The number of esters is 1. The number of para-hydroxylation sites is 1. The third-order valence-electron chi connectivity index (χ3n) is 3.19. The molecule has 1 atom stereocenters. The first-order chi connectivity index (χ1) is 8.16. The monoisotopic (exact) mass is 234 g/mol. The van der Waals surface area contributed by atoms with E-state index in [0.717, 1.165) is 18.7 Å². The van der Waals surface area contributed by atoms with Crippen LogP contribution in [0.25, 0.3) is 0 Å². The molecule has 1 N–H and O–H groups in total. The van der Waals surface area contributed by atoms with E-state index in [1.54, 1.807) is 0 Å². The van der Waals surface area contributed by atoms with Gasteiger partial charge in [-0.25, -0.2) is 4.79 Å². The standard InChI is InChI=1S/C13H18N2O2/c1-15-9-8-13(10-15,12(16)17-2)14-11-6-4-3-5-7-11/h3-7,14H,8-10H2,1-2H3. The largest absolute Gasteiger partial charge is 0.467 e. The maximum absolute atomic E-state index is 12.0. The van der Waals surface area contributed by atoms with Gasteiger partial charge in [0, 0.05) is 18.8 Å². The Morgan fingerprint density at radius 1 is 1.41 bits per heavy atom. The zero-order valence-electron chi connectivity index (χ0n) is 10.3. The average Bonchev–Trinajstić information content (AvgIpc) is 2.72. The highest BCUT2D eigenvalue weighted by Gasteiger charge is 2.44. The Labute approximate surface area is 102 Å². The fourth-order valence-electron chi connectivity index (χ4n) is 2.31. The lowest BCUT2D eigenvalue weighted by molar-refractivity contribution is -0.145. The van der Waals surface area contributed by atoms with Gasteiger partial charge in [0.15, 0.2) is 0 Å². The molecule has 1 heterocycles. The van der Waals surface area contributed by atoms with E-state index in [2.05, 4.69) is 10.2 Å². The number of carbonyl (C=O) groups excluding carboxylic acids is 1. The zero-order chi connectivity index (χ0) is 12.3. The number of methoxy groups -OCH3 is 1. The van der Waals surface area contributed by atoms with Crippen LogP contribution in [0.3, 0.4) is 0 Å². The number of ether oxygens (including phenoxy) is 1. The highest BCUT2D eigenvalue weighted by molar-refractivity contribution is 5.85. The van der Waals surface area contributed by atoms with Crippen LogP contribution in [0.15, 0.2) is 30.3 Å². The van der Waals surface area contributed by atoms with Crippen LogP contribution in [-0.4, -0.2) is 43.7 Å². The number of nitrogens with zero attached hydrogens (tertiary/aromatic N) is 1. The third-order valence-corrected chi connectivity index (χ3v) is 3.19. The van der Waals surface area contributed by atoms with Crippen molar-refractivity contribution in [2.75, 3.05) is 32.6 Å². The topological polar surface area (TPSA) is 41.6 Å². The first-order valence-electron chi connectivity index (χ1n) is 5.76. The van der Waals surface area contributed by atoms with Crippen LogP contribution in [0.4, 0.5) is 5.69 Å². The van der Waals surface area contributed by atoms with E-state index in [4.69, 9.17) is 4.74 Å². The second-order valence-electron chi connectivity index (χ2n) is 4.55. The molecule has 1 aromatic rings. The van der Waals surface area contributed by atoms with E-state index in [-0.39, 0.29) is 5.97 Å². The molecule has 1 saturated heterocycles. The van der Waals surface area contributed by atoms with Gasteiger partial charge in [-0.2, -0.15) is 0 Å². The quantitative estimate of drug-likeness (QED) is 0.801. The minimum Gasteiger partial charge on any atom is -0.467 e. The van der Waals surface area contributed by atoms with Crippen LogP contribution in [0.1, 0.15) is 6.42 Å². The molecule has 0 bridgehead atoms. The van der Waals surface area contributed by atoms with Crippen molar-refractivity contribution in [1.82, 2.24) is 4.90 Å². The Balaban J connectivity index is 2.20. The first-order valence-corrected chi connectivity index (χ1v) is 5.76. The van der Waals surface area contributed by atoms with Crippen molar-refractivity contribution >= 4 is 11.7 Å². The van der Waals surface area contributed by atoms with Crippen LogP contribution in [-0.2, 0) is 9.53 Å². The molecule has 2 rings (SSSR count). The fraction of sp³-hybridized carbons (Fsp3) is 0.462. The second kappa shape index (κ2) is 4.75. The number of likely N-dealkylation sites (tertiary alicyclic amines) is 1. The SMILES string of the molecule is COC(=O)C1(Nc2ccccc2)CCN(C)C1. The average molecular weight is 234 g/mol. The first kappa shape index (κ1) is 11.9. The molecule has 0 radical (unpaired) electrons. The maximum atomic E-state index is 12.0. The lowest BCUT2D eigenvalue weighted by Crippen LogP contribution is -2.49. The minimum absolute atomic E-state index is 0.189. The van der Waals surface area contributed by atoms with E-state index < -0.39 is 5.54 Å². The summed E-state index contributed by atoms with van der Waals surface area (Å²) in [5, 5.41) is 3.32. The van der Waals surface area contributed by atoms with Crippen molar-refractivity contribution in [1.29, 1.82) is 0 Å². The zero-order valence-corrected chi connectivity index (χ0v) is 10.3. The smallest absolute Gasteiger partial charge is 0.332 e. The Kier molecular flexibility index (Phi) is 3.33. The molecule has 0 aliphatic carbocycles. The second-order valence-corrected chi connectivity index (χ2v) is 4.55. The Hall–Kier alpha value is -1.55. The van der Waals surface area contributed by atoms with Crippen molar-refractivity contribution in [2.24, 2.45) is 0 Å². The summed E-state index contributed by atoms with van der Waals surface area (Å²) in [6.45, 7) is 1.57. The summed E-state index contributed by atoms with van der Waals surface area (Å²) < 4.78 is 4.93. The summed E-state index contributed by atoms with van der Waals surface area (Å²) in [5.74, 6) is -0.189. The van der Waals surface area contributed by atoms with Gasteiger partial charge < -0.3 is 15.0 Å². The van der Waals surface area contributed by atoms with Gasteiger partial charge in [0.05, 0.1) is 7.11 Å². The third kappa shape index (κ3) is 2.42. The molecule has 4 heteroatoms. The molecule has 0 amide bonds. The number of benzene rings is 1. The molecule has 0 aromatic heterocycles. The molecule has 0 spiro atoms. The van der Waals surface area contributed by atoms with Crippen molar-refractivity contribution in [3.05, 3.63) is 30.3 Å². The van der Waals surface area contributed by atoms with Crippen LogP contribution < -0.4 is 5.32 Å². The van der Waals surface area contributed by atoms with Gasteiger partial charge in [0.25, 0.3) is 0 Å². The molecular weight excluding hydrogens is 216 g/mol. The lowest BCUT2D eigenvalue weighted by Gasteiger charge is -2.28. The predicted octanol–water partition coefficient (Wildman–Crippen LogP) is 1.35. The van der Waals surface area contributed by atoms with Gasteiger partial charge in [-0.3, -0.25) is 0 Å². The molecular formula is C13H18N2O2. The van der Waals surface area contributed by atoms with Gasteiger partial charge >= 0.3 is 5.97 Å². The van der Waals surface area contributed by atoms with Crippen molar-refractivity contribution in [2.45, 2.75) is 12.0 Å². The maximum Gasteiger partial charge on any atom is 0.332 e. The molecule has 1 aromatic carbocycles. The van der Waals surface area contributed by atoms with Gasteiger partial charge in [-0.15, -0.1) is 0 Å². The van der Waals surface area contributed by atoms with Crippen LogP contribution in [0.5, 0.6) is 0 Å². The highest BCUT2D eigenvalue weighted by Crippen LogP contribution is 2.26. The highest BCUT2D eigenvalue weighted by atomic mass is 16.5. The molecule has 1 unspecified atom stereocenters. The number of likely N-dealkylation sites (N-methyl/N-ethyl adjacent to an activating group) is 1. The molecule has 17 heavy (non-hydrogen) atoms. The Morgan fingerprint density at radius 3 is 2.65 bits per heavy atom. The number of nitrogens with one attached hydrogen (secondary N) is 1. The number of rotatable bonds is 3. The van der Waals surface area contributed by atoms with Gasteiger partial charge in [0.2, 0.25) is 0 Å². The van der Waals surface area contributed by atoms with Crippen molar-refractivity contribution in [3.63, 3.8) is 0 Å². The number of hydrogen-bond donors (Lipinski definition) is 1. The molecule has 1 aliphatic heterocycles. The van der Waals surface area contributed by atoms with E-state index >= 15 is 0 Å². The summed E-state index contributed by atoms with van der Waals surface area (Å²) in [6.07, 6.45) is 0.769. The summed E-state index contributed by atoms with van der Waals surface area (Å²) in [5.41, 5.74) is 0.346. The van der Waals surface area contributed by atoms with Crippen LogP contribution in [0, 0.1) is 0 Å². The van der Waals surface area contributed by atoms with E-state index in [9.17, 15) is 4.79 Å². The molecule has 1 fully saturated rings. The normalized spacial score (nSPS) is 24.6. The Morgan fingerprint density at radius 2 is 2.12 bits per heavy atom. The van der Waals surface area contributed by atoms with E-state index in [1.807, 2.05) is 37.4 Å². The van der Waals surface area contributed by atoms with Crippen LogP contribution >= 0.6 is 0 Å². The fourth-order valence-corrected chi connectivity index (χ4v) is 2.31. The molecule has 4 nitrogen and oxygen atoms in total. The van der Waals surface area contributed by atoms with Crippen molar-refractivity contribution < 1.29 is 9.53 Å². The summed E-state index contributed by atoms with van der Waals surface area (Å²) >= 11 is 0. The summed E-state index contributed by atoms with van der Waals surface area (Å²) in [4.78, 5) is 14.1. The minimum atomic E-state index is -0.606. The van der Waals surface area contributed by atoms with Gasteiger partial charge in [-0.05, 0) is 25.6 Å². The van der Waals surface area contributed by atoms with E-state index in [0.29, 0.717) is 6.54 Å². The molecule has 1 aliphatic rings. The summed E-state index contributed by atoms with van der Waals surface area (Å²) in [7, 11) is 3.45. The Bertz CT molecular complexity index is 394. The van der Waals surface area contributed by atoms with Crippen molar-refractivity contribution in [3.8, 4) is 0 Å². The number of carbonyl (C=O) groups is 1. The number of hydrogen-bond acceptors (Lipinski definition) is 4. The predicted molar refractivity (Wildman–Crippen MR) is 66.9 cm³/mol. The molecule has 92 valence electrons. The summed E-state index contributed by atoms with van der Waals surface area (Å²) in [6, 6.07) is 9.78. The van der Waals surface area contributed by atoms with E-state index in [1.165, 1.54) is 7.11 Å². The number of anilines is 1. The molecule has 0 saturated carbocycles.